The van der Waals surface area contributed by atoms with Gasteiger partial charge >= 0.3 is 0 Å². The molecule has 2 N–H and O–H groups in total. The van der Waals surface area contributed by atoms with E-state index in [-0.39, 0.29) is 11.4 Å². The number of hydrogen-bond donors (Lipinski definition) is 2. The smallest absolute Gasteiger partial charge is 0.274 e. The first-order chi connectivity index (χ1) is 13.5. The van der Waals surface area contributed by atoms with E-state index in [9.17, 15) is 9.59 Å². The molecule has 0 saturated heterocycles. The zero-order valence-corrected chi connectivity index (χ0v) is 15.6. The van der Waals surface area contributed by atoms with Gasteiger partial charge < -0.3 is 10.6 Å². The van der Waals surface area contributed by atoms with Crippen LogP contribution in [0.3, 0.4) is 0 Å². The van der Waals surface area contributed by atoms with E-state index >= 15 is 0 Å². The molecule has 0 fully saturated rings. The van der Waals surface area contributed by atoms with E-state index in [0.717, 1.165) is 5.56 Å². The number of hydrogen-bond acceptors (Lipinski definition) is 4. The summed E-state index contributed by atoms with van der Waals surface area (Å²) in [5.74, 6) is -0.888. The van der Waals surface area contributed by atoms with E-state index in [2.05, 4.69) is 15.6 Å². The maximum Gasteiger partial charge on any atom is 0.274 e. The molecule has 1 aromatic heterocycles. The maximum absolute atomic E-state index is 12.5. The number of nitriles is 1. The molecule has 3 aromatic rings. The number of carbonyl (C=O) groups is 2. The van der Waals surface area contributed by atoms with Gasteiger partial charge in [-0.2, -0.15) is 5.26 Å². The first-order valence-corrected chi connectivity index (χ1v) is 8.70. The Balaban J connectivity index is 1.74. The Bertz CT molecular complexity index is 1090. The van der Waals surface area contributed by atoms with Crippen molar-refractivity contribution in [2.75, 3.05) is 10.6 Å². The number of carbonyl (C=O) groups excluding carboxylic acids is 2. The number of aryl methyl sites for hydroxylation is 1. The lowest BCUT2D eigenvalue weighted by atomic mass is 10.2. The summed E-state index contributed by atoms with van der Waals surface area (Å²) in [7, 11) is 0. The van der Waals surface area contributed by atoms with Crippen LogP contribution < -0.4 is 10.6 Å². The Hall–Kier alpha value is -3.69. The number of rotatable bonds is 4. The number of halogens is 1. The molecular formula is C21H15ClN4O2. The second kappa shape index (κ2) is 8.33. The molecule has 138 valence electrons. The van der Waals surface area contributed by atoms with E-state index in [1.165, 1.54) is 12.1 Å². The van der Waals surface area contributed by atoms with Gasteiger partial charge in [-0.1, -0.05) is 17.7 Å². The van der Waals surface area contributed by atoms with Crippen LogP contribution in [0.15, 0.2) is 60.7 Å². The highest BCUT2D eigenvalue weighted by Crippen LogP contribution is 2.20. The van der Waals surface area contributed by atoms with Crippen LogP contribution in [0.25, 0.3) is 0 Å². The van der Waals surface area contributed by atoms with E-state index < -0.39 is 11.8 Å². The lowest BCUT2D eigenvalue weighted by Gasteiger charge is -2.09. The monoisotopic (exact) mass is 390 g/mol. The number of nitrogens with one attached hydrogen (secondary N) is 2. The number of benzene rings is 2. The van der Waals surface area contributed by atoms with Crippen molar-refractivity contribution >= 4 is 34.8 Å². The van der Waals surface area contributed by atoms with Gasteiger partial charge in [0.25, 0.3) is 11.8 Å². The summed E-state index contributed by atoms with van der Waals surface area (Å²) in [6.07, 6.45) is 0. The third-order valence-corrected chi connectivity index (χ3v) is 4.16. The number of pyridine rings is 1. The van der Waals surface area contributed by atoms with Crippen LogP contribution in [0.1, 0.15) is 32.1 Å². The summed E-state index contributed by atoms with van der Waals surface area (Å²) in [5.41, 5.74) is 2.66. The first-order valence-electron chi connectivity index (χ1n) is 8.32. The van der Waals surface area contributed by atoms with Crippen molar-refractivity contribution in [2.45, 2.75) is 6.92 Å². The molecule has 28 heavy (non-hydrogen) atoms. The second-order valence-corrected chi connectivity index (χ2v) is 6.40. The molecule has 0 spiro atoms. The molecule has 2 amide bonds. The second-order valence-electron chi connectivity index (χ2n) is 5.96. The molecule has 2 aromatic carbocycles. The van der Waals surface area contributed by atoms with Gasteiger partial charge in [0.05, 0.1) is 11.6 Å². The Labute approximate surface area is 166 Å². The normalized spacial score (nSPS) is 10.0. The van der Waals surface area contributed by atoms with Crippen molar-refractivity contribution < 1.29 is 9.59 Å². The fourth-order valence-corrected chi connectivity index (χ4v) is 2.69. The van der Waals surface area contributed by atoms with Crippen LogP contribution in [0.4, 0.5) is 11.4 Å². The molecule has 3 rings (SSSR count). The zero-order chi connectivity index (χ0) is 20.1. The highest BCUT2D eigenvalue weighted by molar-refractivity contribution is 6.30. The third kappa shape index (κ3) is 4.53. The van der Waals surface area contributed by atoms with Crippen LogP contribution in [0, 0.1) is 18.3 Å². The van der Waals surface area contributed by atoms with Gasteiger partial charge in [0.1, 0.15) is 11.4 Å². The summed E-state index contributed by atoms with van der Waals surface area (Å²) < 4.78 is 0. The minimum atomic E-state index is -0.456. The van der Waals surface area contributed by atoms with Crippen molar-refractivity contribution in [3.8, 4) is 6.07 Å². The van der Waals surface area contributed by atoms with E-state index in [0.29, 0.717) is 22.0 Å². The molecule has 0 unspecified atom stereocenters. The van der Waals surface area contributed by atoms with Crippen molar-refractivity contribution in [2.24, 2.45) is 0 Å². The number of aromatic nitrogens is 1. The average molecular weight is 391 g/mol. The zero-order valence-electron chi connectivity index (χ0n) is 14.9. The molecule has 0 atom stereocenters. The standard InChI is InChI=1S/C21H15ClN4O2/c1-13-11-15(22)7-10-17(13)26-21(28)19-4-2-3-18(25-19)20(27)24-16-8-5-14(12-23)6-9-16/h2-11H,1H3,(H,24,27)(H,26,28). The molecular weight excluding hydrogens is 376 g/mol. The largest absolute Gasteiger partial charge is 0.321 e. The number of nitrogens with zero attached hydrogens (tertiary/aromatic N) is 2. The Morgan fingerprint density at radius 2 is 1.61 bits per heavy atom. The van der Waals surface area contributed by atoms with Gasteiger partial charge in [-0.3, -0.25) is 9.59 Å². The third-order valence-electron chi connectivity index (χ3n) is 3.92. The molecule has 0 saturated carbocycles. The van der Waals surface area contributed by atoms with Crippen LogP contribution >= 0.6 is 11.6 Å². The van der Waals surface area contributed by atoms with Crippen molar-refractivity contribution in [3.63, 3.8) is 0 Å². The van der Waals surface area contributed by atoms with Crippen molar-refractivity contribution in [1.29, 1.82) is 5.26 Å². The van der Waals surface area contributed by atoms with E-state index in [1.807, 2.05) is 13.0 Å². The summed E-state index contributed by atoms with van der Waals surface area (Å²) in [5, 5.41) is 14.8. The number of amides is 2. The van der Waals surface area contributed by atoms with Crippen molar-refractivity contribution in [3.05, 3.63) is 88.2 Å². The average Bonchev–Trinajstić information content (AvgIpc) is 2.70. The highest BCUT2D eigenvalue weighted by atomic mass is 35.5. The number of anilines is 2. The van der Waals surface area contributed by atoms with Crippen LogP contribution in [0.2, 0.25) is 5.02 Å². The molecule has 1 heterocycles. The van der Waals surface area contributed by atoms with E-state index in [4.69, 9.17) is 16.9 Å². The van der Waals surface area contributed by atoms with E-state index in [1.54, 1.807) is 48.5 Å². The lowest BCUT2D eigenvalue weighted by molar-refractivity contribution is 0.101. The van der Waals surface area contributed by atoms with Gasteiger partial charge in [0.2, 0.25) is 0 Å². The Morgan fingerprint density at radius 1 is 0.964 bits per heavy atom. The topological polar surface area (TPSA) is 94.9 Å². The molecule has 0 radical (unpaired) electrons. The summed E-state index contributed by atoms with van der Waals surface area (Å²) in [6.45, 7) is 1.83. The molecule has 0 bridgehead atoms. The van der Waals surface area contributed by atoms with Gasteiger partial charge in [-0.25, -0.2) is 4.98 Å². The molecule has 7 heteroatoms. The van der Waals surface area contributed by atoms with Gasteiger partial charge in [-0.15, -0.1) is 0 Å². The maximum atomic E-state index is 12.5. The van der Waals surface area contributed by atoms with Crippen molar-refractivity contribution in [1.82, 2.24) is 4.98 Å². The predicted octanol–water partition coefficient (Wildman–Crippen LogP) is 4.42. The summed E-state index contributed by atoms with van der Waals surface area (Å²) >= 11 is 5.92. The fraction of sp³-hybridized carbons (Fsp3) is 0.0476. The summed E-state index contributed by atoms with van der Waals surface area (Å²) in [4.78, 5) is 29.0. The van der Waals surface area contributed by atoms with Gasteiger partial charge in [-0.05, 0) is 67.1 Å². The van der Waals surface area contributed by atoms with Crippen LogP contribution in [0.5, 0.6) is 0 Å². The lowest BCUT2D eigenvalue weighted by Crippen LogP contribution is -2.18. The van der Waals surface area contributed by atoms with Gasteiger partial charge in [0.15, 0.2) is 0 Å². The predicted molar refractivity (Wildman–Crippen MR) is 107 cm³/mol. The highest BCUT2D eigenvalue weighted by Gasteiger charge is 2.14. The van der Waals surface area contributed by atoms with Crippen LogP contribution in [-0.2, 0) is 0 Å². The Morgan fingerprint density at radius 3 is 2.21 bits per heavy atom. The molecule has 0 aliphatic rings. The fourth-order valence-electron chi connectivity index (χ4n) is 2.46. The SMILES string of the molecule is Cc1cc(Cl)ccc1NC(=O)c1cccc(C(=O)Nc2ccc(C#N)cc2)n1. The molecule has 0 aliphatic heterocycles. The minimum Gasteiger partial charge on any atom is -0.321 e. The minimum absolute atomic E-state index is 0.102. The van der Waals surface area contributed by atoms with Gasteiger partial charge in [0, 0.05) is 16.4 Å². The molecule has 6 nitrogen and oxygen atoms in total. The summed E-state index contributed by atoms with van der Waals surface area (Å²) in [6, 6.07) is 18.2. The van der Waals surface area contributed by atoms with Crippen LogP contribution in [-0.4, -0.2) is 16.8 Å². The quantitative estimate of drug-likeness (QED) is 0.689. The molecule has 0 aliphatic carbocycles. The Kier molecular flexibility index (Phi) is 5.68. The first kappa shape index (κ1) is 19.1.